The van der Waals surface area contributed by atoms with Gasteiger partial charge in [-0.1, -0.05) is 26.7 Å². The molecule has 2 rings (SSSR count). The molecule has 0 spiro atoms. The zero-order chi connectivity index (χ0) is 18.4. The predicted octanol–water partition coefficient (Wildman–Crippen LogP) is 4.47. The molecule has 0 amide bonds. The second-order valence-electron chi connectivity index (χ2n) is 6.54. The van der Waals surface area contributed by atoms with Crippen molar-refractivity contribution in [2.75, 3.05) is 6.61 Å². The average Bonchev–Trinajstić information content (AvgIpc) is 2.57. The summed E-state index contributed by atoms with van der Waals surface area (Å²) in [6.45, 7) is 9.07. The first-order valence-electron chi connectivity index (χ1n) is 9.18. The highest BCUT2D eigenvalue weighted by Crippen LogP contribution is 2.35. The van der Waals surface area contributed by atoms with Crippen molar-refractivity contribution < 1.29 is 14.6 Å². The maximum absolute atomic E-state index is 13.1. The van der Waals surface area contributed by atoms with Gasteiger partial charge in [0.1, 0.15) is 5.75 Å². The Labute approximate surface area is 149 Å². The molecule has 138 valence electrons. The first-order valence-corrected chi connectivity index (χ1v) is 9.18. The van der Waals surface area contributed by atoms with E-state index in [1.54, 1.807) is 22.8 Å². The number of rotatable bonds is 9. The number of aromatic hydroxyl groups is 1. The maximum atomic E-state index is 13.1. The molecule has 1 N–H and O–H groups in total. The number of phenolic OH excluding ortho intramolecular Hbond substituents is 1. The van der Waals surface area contributed by atoms with E-state index < -0.39 is 0 Å². The van der Waals surface area contributed by atoms with E-state index in [0.717, 1.165) is 31.1 Å². The van der Waals surface area contributed by atoms with Gasteiger partial charge >= 0.3 is 0 Å². The van der Waals surface area contributed by atoms with Gasteiger partial charge in [0.2, 0.25) is 5.75 Å². The van der Waals surface area contributed by atoms with Gasteiger partial charge in [0, 0.05) is 18.0 Å². The lowest BCUT2D eigenvalue weighted by atomic mass is 10.1. The number of hydrogen-bond donors (Lipinski definition) is 1. The fourth-order valence-electron chi connectivity index (χ4n) is 2.73. The minimum Gasteiger partial charge on any atom is -0.508 e. The molecule has 0 radical (unpaired) electrons. The summed E-state index contributed by atoms with van der Waals surface area (Å²) in [6, 6.07) is 5.03. The van der Waals surface area contributed by atoms with Crippen LogP contribution in [0.3, 0.4) is 0 Å². The molecule has 25 heavy (non-hydrogen) atoms. The van der Waals surface area contributed by atoms with Crippen LogP contribution in [-0.2, 0) is 6.54 Å². The Morgan fingerprint density at radius 2 is 1.84 bits per heavy atom. The number of benzene rings is 1. The number of aromatic nitrogens is 1. The maximum Gasteiger partial charge on any atom is 0.297 e. The van der Waals surface area contributed by atoms with Crippen molar-refractivity contribution in [3.8, 4) is 17.2 Å². The normalized spacial score (nSPS) is 11.2. The highest BCUT2D eigenvalue weighted by molar-refractivity contribution is 5.89. The standard InChI is InChI=1S/C20H29NO4/c1-5-7-11-21-17-13-15(22)9-10-16(17)18(24-12-8-6-2)19(20(21)23)25-14(3)4/h9-10,13-14,22H,5-8,11-12H2,1-4H3. The third kappa shape index (κ3) is 4.47. The fourth-order valence-corrected chi connectivity index (χ4v) is 2.73. The lowest BCUT2D eigenvalue weighted by Crippen LogP contribution is -2.25. The fraction of sp³-hybridized carbons (Fsp3) is 0.550. The van der Waals surface area contributed by atoms with Gasteiger partial charge in [0.15, 0.2) is 5.75 Å². The minimum atomic E-state index is -0.202. The predicted molar refractivity (Wildman–Crippen MR) is 101 cm³/mol. The van der Waals surface area contributed by atoms with Crippen molar-refractivity contribution in [2.24, 2.45) is 0 Å². The van der Waals surface area contributed by atoms with E-state index in [-0.39, 0.29) is 23.2 Å². The third-order valence-corrected chi connectivity index (χ3v) is 4.00. The van der Waals surface area contributed by atoms with Gasteiger partial charge in [-0.2, -0.15) is 0 Å². The van der Waals surface area contributed by atoms with E-state index in [4.69, 9.17) is 9.47 Å². The van der Waals surface area contributed by atoms with Crippen LogP contribution in [0.5, 0.6) is 17.2 Å². The molecule has 0 saturated heterocycles. The molecule has 0 atom stereocenters. The van der Waals surface area contributed by atoms with Gasteiger partial charge in [-0.05, 0) is 38.8 Å². The molecule has 0 aliphatic carbocycles. The number of phenols is 1. The lowest BCUT2D eigenvalue weighted by Gasteiger charge is -2.20. The van der Waals surface area contributed by atoms with E-state index >= 15 is 0 Å². The molecular formula is C20H29NO4. The number of fused-ring (bicyclic) bond motifs is 1. The van der Waals surface area contributed by atoms with Crippen LogP contribution in [0.25, 0.3) is 10.9 Å². The van der Waals surface area contributed by atoms with Crippen LogP contribution >= 0.6 is 0 Å². The van der Waals surface area contributed by atoms with E-state index in [0.29, 0.717) is 24.4 Å². The van der Waals surface area contributed by atoms with Crippen LogP contribution in [0, 0.1) is 0 Å². The summed E-state index contributed by atoms with van der Waals surface area (Å²) in [7, 11) is 0. The minimum absolute atomic E-state index is 0.129. The van der Waals surface area contributed by atoms with Crippen LogP contribution < -0.4 is 15.0 Å². The van der Waals surface area contributed by atoms with Gasteiger partial charge in [-0.3, -0.25) is 4.79 Å². The Kier molecular flexibility index (Phi) is 6.73. The number of unbranched alkanes of at least 4 members (excludes halogenated alkanes) is 2. The summed E-state index contributed by atoms with van der Waals surface area (Å²) in [5, 5.41) is 10.7. The molecule has 0 bridgehead atoms. The molecule has 2 aromatic rings. The monoisotopic (exact) mass is 347 g/mol. The molecule has 0 aliphatic rings. The average molecular weight is 347 g/mol. The second-order valence-corrected chi connectivity index (χ2v) is 6.54. The lowest BCUT2D eigenvalue weighted by molar-refractivity contribution is 0.216. The molecule has 5 nitrogen and oxygen atoms in total. The number of nitrogens with zero attached hydrogens (tertiary/aromatic N) is 1. The summed E-state index contributed by atoms with van der Waals surface area (Å²) in [4.78, 5) is 13.1. The Morgan fingerprint density at radius 3 is 2.48 bits per heavy atom. The highest BCUT2D eigenvalue weighted by atomic mass is 16.5. The molecule has 1 aromatic heterocycles. The molecule has 1 heterocycles. The zero-order valence-electron chi connectivity index (χ0n) is 15.7. The van der Waals surface area contributed by atoms with Crippen molar-refractivity contribution in [1.82, 2.24) is 4.57 Å². The molecule has 0 unspecified atom stereocenters. The van der Waals surface area contributed by atoms with Crippen LogP contribution in [0.1, 0.15) is 53.4 Å². The van der Waals surface area contributed by atoms with Crippen molar-refractivity contribution in [3.63, 3.8) is 0 Å². The summed E-state index contributed by atoms with van der Waals surface area (Å²) in [5.41, 5.74) is 0.479. The van der Waals surface area contributed by atoms with Gasteiger partial charge < -0.3 is 19.1 Å². The van der Waals surface area contributed by atoms with Gasteiger partial charge in [-0.25, -0.2) is 0 Å². The summed E-state index contributed by atoms with van der Waals surface area (Å²) >= 11 is 0. The van der Waals surface area contributed by atoms with E-state index in [1.807, 2.05) is 13.8 Å². The highest BCUT2D eigenvalue weighted by Gasteiger charge is 2.20. The Morgan fingerprint density at radius 1 is 1.12 bits per heavy atom. The van der Waals surface area contributed by atoms with Crippen LogP contribution in [0.4, 0.5) is 0 Å². The molecule has 0 saturated carbocycles. The topological polar surface area (TPSA) is 60.7 Å². The van der Waals surface area contributed by atoms with Crippen molar-refractivity contribution in [3.05, 3.63) is 28.6 Å². The third-order valence-electron chi connectivity index (χ3n) is 4.00. The first-order chi connectivity index (χ1) is 12.0. The quantitative estimate of drug-likeness (QED) is 0.680. The van der Waals surface area contributed by atoms with E-state index in [1.165, 1.54) is 0 Å². The van der Waals surface area contributed by atoms with Crippen molar-refractivity contribution >= 4 is 10.9 Å². The van der Waals surface area contributed by atoms with Crippen molar-refractivity contribution in [1.29, 1.82) is 0 Å². The number of aryl methyl sites for hydroxylation is 1. The molecule has 1 aromatic carbocycles. The first kappa shape index (κ1) is 19.2. The Hall–Kier alpha value is -2.17. The van der Waals surface area contributed by atoms with Gasteiger partial charge in [0.25, 0.3) is 5.56 Å². The zero-order valence-corrected chi connectivity index (χ0v) is 15.7. The van der Waals surface area contributed by atoms with Crippen LogP contribution in [-0.4, -0.2) is 22.4 Å². The van der Waals surface area contributed by atoms with Crippen molar-refractivity contribution in [2.45, 2.75) is 66.0 Å². The SMILES string of the molecule is CCCCOc1c(OC(C)C)c(=O)n(CCCC)c2cc(O)ccc12. The molecule has 5 heteroatoms. The summed E-state index contributed by atoms with van der Waals surface area (Å²) in [5.74, 6) is 0.879. The smallest absolute Gasteiger partial charge is 0.297 e. The number of ether oxygens (including phenoxy) is 2. The molecular weight excluding hydrogens is 318 g/mol. The van der Waals surface area contributed by atoms with Gasteiger partial charge in [-0.15, -0.1) is 0 Å². The van der Waals surface area contributed by atoms with Crippen LogP contribution in [0.2, 0.25) is 0 Å². The number of pyridine rings is 1. The van der Waals surface area contributed by atoms with Crippen LogP contribution in [0.15, 0.2) is 23.0 Å². The largest absolute Gasteiger partial charge is 0.508 e. The second kappa shape index (κ2) is 8.79. The van der Waals surface area contributed by atoms with E-state index in [2.05, 4.69) is 13.8 Å². The Bertz CT molecular complexity index is 764. The molecule has 0 aliphatic heterocycles. The number of hydrogen-bond acceptors (Lipinski definition) is 4. The van der Waals surface area contributed by atoms with E-state index in [9.17, 15) is 9.90 Å². The summed E-state index contributed by atoms with van der Waals surface area (Å²) < 4.78 is 13.5. The van der Waals surface area contributed by atoms with Gasteiger partial charge in [0.05, 0.1) is 18.2 Å². The molecule has 0 fully saturated rings. The summed E-state index contributed by atoms with van der Waals surface area (Å²) in [6.07, 6.45) is 3.63. The Balaban J connectivity index is 2.70.